The molecule has 0 aromatic carbocycles. The molecule has 0 aliphatic heterocycles. The zero-order valence-corrected chi connectivity index (χ0v) is 8.00. The van der Waals surface area contributed by atoms with E-state index in [0.717, 1.165) is 5.57 Å². The Hall–Kier alpha value is -0.890. The van der Waals surface area contributed by atoms with Crippen molar-refractivity contribution in [2.75, 3.05) is 0 Å². The molecular weight excluding hydrogens is 150 g/mol. The van der Waals surface area contributed by atoms with Crippen LogP contribution >= 0.6 is 0 Å². The molecule has 68 valence electrons. The van der Waals surface area contributed by atoms with Gasteiger partial charge in [-0.15, -0.1) is 0 Å². The van der Waals surface area contributed by atoms with E-state index in [1.807, 2.05) is 32.9 Å². The van der Waals surface area contributed by atoms with Crippen LogP contribution in [-0.4, -0.2) is 11.8 Å². The Morgan fingerprint density at radius 3 is 2.50 bits per heavy atom. The topological polar surface area (TPSA) is 43.1 Å². The van der Waals surface area contributed by atoms with Crippen molar-refractivity contribution >= 4 is 5.78 Å². The van der Waals surface area contributed by atoms with E-state index >= 15 is 0 Å². The van der Waals surface area contributed by atoms with Crippen LogP contribution in [0.1, 0.15) is 27.2 Å². The largest absolute Gasteiger partial charge is 0.325 e. The minimum Gasteiger partial charge on any atom is -0.325 e. The highest BCUT2D eigenvalue weighted by Gasteiger charge is 2.00. The van der Waals surface area contributed by atoms with Crippen LogP contribution in [0.3, 0.4) is 0 Å². The second-order valence-corrected chi connectivity index (χ2v) is 2.74. The number of rotatable bonds is 4. The van der Waals surface area contributed by atoms with Crippen molar-refractivity contribution in [3.63, 3.8) is 0 Å². The van der Waals surface area contributed by atoms with Gasteiger partial charge in [0.05, 0.1) is 0 Å². The molecule has 0 aromatic heterocycles. The first-order valence-electron chi connectivity index (χ1n) is 4.25. The van der Waals surface area contributed by atoms with Crippen LogP contribution in [-0.2, 0) is 4.79 Å². The first-order valence-corrected chi connectivity index (χ1v) is 4.25. The van der Waals surface area contributed by atoms with Crippen molar-refractivity contribution in [3.05, 3.63) is 23.8 Å². The second kappa shape index (κ2) is 5.72. The van der Waals surface area contributed by atoms with Crippen molar-refractivity contribution in [1.82, 2.24) is 0 Å². The lowest BCUT2D eigenvalue weighted by Crippen LogP contribution is -2.10. The van der Waals surface area contributed by atoms with Gasteiger partial charge in [0.2, 0.25) is 0 Å². The Balaban J connectivity index is 4.30. The van der Waals surface area contributed by atoms with Crippen LogP contribution in [0.25, 0.3) is 0 Å². The van der Waals surface area contributed by atoms with Gasteiger partial charge in [-0.3, -0.25) is 4.79 Å². The fraction of sp³-hybridized carbons (Fsp3) is 0.500. The molecule has 0 spiro atoms. The van der Waals surface area contributed by atoms with Gasteiger partial charge < -0.3 is 5.73 Å². The number of allylic oxidation sites excluding steroid dienone is 3. The lowest BCUT2D eigenvalue weighted by Gasteiger charge is -1.98. The summed E-state index contributed by atoms with van der Waals surface area (Å²) >= 11 is 0. The molecule has 0 amide bonds. The molecule has 0 saturated heterocycles. The van der Waals surface area contributed by atoms with Crippen LogP contribution in [0.2, 0.25) is 0 Å². The molecule has 2 heteroatoms. The van der Waals surface area contributed by atoms with E-state index in [1.165, 1.54) is 0 Å². The van der Waals surface area contributed by atoms with E-state index in [9.17, 15) is 4.79 Å². The number of carbonyl (C=O) groups excluding carboxylic acids is 1. The highest BCUT2D eigenvalue weighted by molar-refractivity contribution is 5.97. The van der Waals surface area contributed by atoms with Gasteiger partial charge in [-0.05, 0) is 13.8 Å². The number of nitrogens with two attached hydrogens (primary N) is 1. The molecule has 0 aromatic rings. The minimum atomic E-state index is 0.00426. The SMILES string of the molecule is C/C=C(\C=C/C(C)N)C(=O)CC. The zero-order valence-electron chi connectivity index (χ0n) is 8.00. The Bertz CT molecular complexity index is 202. The van der Waals surface area contributed by atoms with Gasteiger partial charge in [-0.25, -0.2) is 0 Å². The number of Topliss-reactive ketones (excluding diaryl/α,β-unsaturated/α-hetero) is 1. The third-order valence-corrected chi connectivity index (χ3v) is 1.53. The number of hydrogen-bond acceptors (Lipinski definition) is 2. The third kappa shape index (κ3) is 4.09. The van der Waals surface area contributed by atoms with Gasteiger partial charge in [-0.1, -0.05) is 25.2 Å². The summed E-state index contributed by atoms with van der Waals surface area (Å²) in [5, 5.41) is 0. The second-order valence-electron chi connectivity index (χ2n) is 2.74. The minimum absolute atomic E-state index is 0.00426. The lowest BCUT2D eigenvalue weighted by atomic mass is 10.1. The molecule has 0 heterocycles. The Labute approximate surface area is 74.1 Å². The van der Waals surface area contributed by atoms with E-state index in [1.54, 1.807) is 6.08 Å². The number of hydrogen-bond donors (Lipinski definition) is 1. The molecule has 1 unspecified atom stereocenters. The summed E-state index contributed by atoms with van der Waals surface area (Å²) in [5.41, 5.74) is 6.26. The average Bonchev–Trinajstić information content (AvgIpc) is 2.04. The smallest absolute Gasteiger partial charge is 0.162 e. The zero-order chi connectivity index (χ0) is 9.56. The quantitative estimate of drug-likeness (QED) is 0.512. The summed E-state index contributed by atoms with van der Waals surface area (Å²) < 4.78 is 0. The van der Waals surface area contributed by atoms with Crippen molar-refractivity contribution in [1.29, 1.82) is 0 Å². The Kier molecular flexibility index (Phi) is 5.30. The predicted octanol–water partition coefficient (Wildman–Crippen LogP) is 1.82. The summed E-state index contributed by atoms with van der Waals surface area (Å²) in [5.74, 6) is 0.161. The summed E-state index contributed by atoms with van der Waals surface area (Å²) in [6.07, 6.45) is 5.97. The predicted molar refractivity (Wildman–Crippen MR) is 51.8 cm³/mol. The monoisotopic (exact) mass is 167 g/mol. The highest BCUT2D eigenvalue weighted by Crippen LogP contribution is 2.02. The molecule has 2 N–H and O–H groups in total. The maximum Gasteiger partial charge on any atom is 0.162 e. The van der Waals surface area contributed by atoms with Gasteiger partial charge in [0, 0.05) is 18.0 Å². The van der Waals surface area contributed by atoms with Crippen LogP contribution in [0, 0.1) is 0 Å². The van der Waals surface area contributed by atoms with Crippen molar-refractivity contribution in [2.24, 2.45) is 5.73 Å². The standard InChI is InChI=1S/C10H17NO/c1-4-9(10(12)5-2)7-6-8(3)11/h4,6-8H,5,11H2,1-3H3/b7-6-,9-4+. The molecule has 0 radical (unpaired) electrons. The molecule has 0 fully saturated rings. The van der Waals surface area contributed by atoms with Crippen molar-refractivity contribution in [3.8, 4) is 0 Å². The van der Waals surface area contributed by atoms with Gasteiger partial charge in [0.15, 0.2) is 5.78 Å². The molecule has 0 aliphatic rings. The summed E-state index contributed by atoms with van der Waals surface area (Å²) in [6, 6.07) is 0.00426. The van der Waals surface area contributed by atoms with E-state index in [0.29, 0.717) is 6.42 Å². The van der Waals surface area contributed by atoms with E-state index in [2.05, 4.69) is 0 Å². The fourth-order valence-corrected chi connectivity index (χ4v) is 0.810. The van der Waals surface area contributed by atoms with E-state index in [4.69, 9.17) is 5.73 Å². The molecule has 0 aliphatic carbocycles. The van der Waals surface area contributed by atoms with E-state index in [-0.39, 0.29) is 11.8 Å². The van der Waals surface area contributed by atoms with Gasteiger partial charge in [0.25, 0.3) is 0 Å². The van der Waals surface area contributed by atoms with Gasteiger partial charge in [0.1, 0.15) is 0 Å². The Morgan fingerprint density at radius 1 is 1.58 bits per heavy atom. The maximum absolute atomic E-state index is 11.2. The molecule has 0 bridgehead atoms. The third-order valence-electron chi connectivity index (χ3n) is 1.53. The van der Waals surface area contributed by atoms with Crippen LogP contribution < -0.4 is 5.73 Å². The number of ketones is 1. The van der Waals surface area contributed by atoms with Crippen molar-refractivity contribution in [2.45, 2.75) is 33.2 Å². The van der Waals surface area contributed by atoms with E-state index < -0.39 is 0 Å². The Morgan fingerprint density at radius 2 is 2.17 bits per heavy atom. The van der Waals surface area contributed by atoms with Crippen LogP contribution in [0.4, 0.5) is 0 Å². The highest BCUT2D eigenvalue weighted by atomic mass is 16.1. The first kappa shape index (κ1) is 11.1. The summed E-state index contributed by atoms with van der Waals surface area (Å²) in [7, 11) is 0. The molecule has 0 saturated carbocycles. The van der Waals surface area contributed by atoms with Gasteiger partial charge >= 0.3 is 0 Å². The van der Waals surface area contributed by atoms with Crippen LogP contribution in [0.15, 0.2) is 23.8 Å². The molecular formula is C10H17NO. The first-order chi connectivity index (χ1) is 5.61. The molecule has 12 heavy (non-hydrogen) atoms. The number of carbonyl (C=O) groups is 1. The molecule has 0 rings (SSSR count). The normalized spacial score (nSPS) is 15.2. The lowest BCUT2D eigenvalue weighted by molar-refractivity contribution is -0.115. The summed E-state index contributed by atoms with van der Waals surface area (Å²) in [6.45, 7) is 5.58. The molecule has 1 atom stereocenters. The van der Waals surface area contributed by atoms with Gasteiger partial charge in [-0.2, -0.15) is 0 Å². The summed E-state index contributed by atoms with van der Waals surface area (Å²) in [4.78, 5) is 11.2. The van der Waals surface area contributed by atoms with Crippen LogP contribution in [0.5, 0.6) is 0 Å². The maximum atomic E-state index is 11.2. The van der Waals surface area contributed by atoms with Crippen molar-refractivity contribution < 1.29 is 4.79 Å². The molecule has 2 nitrogen and oxygen atoms in total. The fourth-order valence-electron chi connectivity index (χ4n) is 0.810. The average molecular weight is 167 g/mol.